The van der Waals surface area contributed by atoms with Gasteiger partial charge >= 0.3 is 0 Å². The summed E-state index contributed by atoms with van der Waals surface area (Å²) in [6.45, 7) is 3.70. The molecule has 2 N–H and O–H groups in total. The van der Waals surface area contributed by atoms with Crippen molar-refractivity contribution >= 4 is 5.69 Å². The van der Waals surface area contributed by atoms with Crippen molar-refractivity contribution in [3.63, 3.8) is 0 Å². The van der Waals surface area contributed by atoms with Crippen LogP contribution in [0.15, 0.2) is 24.3 Å². The van der Waals surface area contributed by atoms with Crippen molar-refractivity contribution in [2.24, 2.45) is 0 Å². The molecule has 9 heavy (non-hydrogen) atoms. The van der Waals surface area contributed by atoms with Gasteiger partial charge in [-0.05, 0) is 0 Å². The fourth-order valence-corrected chi connectivity index (χ4v) is 0.534. The second-order valence-electron chi connectivity index (χ2n) is 1.70. The van der Waals surface area contributed by atoms with Gasteiger partial charge in [0.05, 0.1) is 0 Å². The second kappa shape index (κ2) is 3.91. The van der Waals surface area contributed by atoms with E-state index in [-0.39, 0.29) is 32.7 Å². The summed E-state index contributed by atoms with van der Waals surface area (Å²) in [4.78, 5) is 0. The number of benzene rings is 1. The normalized spacial score (nSPS) is 8.00. The van der Waals surface area contributed by atoms with E-state index in [4.69, 9.17) is 5.73 Å². The Kier molecular flexibility index (Phi) is 3.91. The minimum atomic E-state index is 0. The fourth-order valence-electron chi connectivity index (χ4n) is 0.534. The number of nitrogens with two attached hydrogens (primary N) is 1. The first-order valence-electron chi connectivity index (χ1n) is 2.47. The van der Waals surface area contributed by atoms with E-state index in [1.165, 1.54) is 0 Å². The van der Waals surface area contributed by atoms with Crippen LogP contribution in [0.3, 0.4) is 0 Å². The van der Waals surface area contributed by atoms with Crippen molar-refractivity contribution in [2.75, 3.05) is 5.73 Å². The predicted molar refractivity (Wildman–Crippen MR) is 35.3 cm³/mol. The first-order chi connectivity index (χ1) is 3.80. The van der Waals surface area contributed by atoms with E-state index in [2.05, 4.69) is 6.92 Å². The van der Waals surface area contributed by atoms with Gasteiger partial charge in [-0.15, -0.1) is 6.07 Å². The first kappa shape index (κ1) is 8.99. The van der Waals surface area contributed by atoms with Gasteiger partial charge in [0, 0.05) is 32.7 Å². The molecule has 0 saturated carbocycles. The van der Waals surface area contributed by atoms with Crippen LogP contribution in [-0.2, 0) is 32.7 Å². The number of para-hydroxylation sites is 1. The van der Waals surface area contributed by atoms with Gasteiger partial charge in [-0.1, -0.05) is 17.8 Å². The van der Waals surface area contributed by atoms with E-state index in [9.17, 15) is 0 Å². The molecular weight excluding hydrogens is 187 g/mol. The Hall–Kier alpha value is -0.00610. The van der Waals surface area contributed by atoms with Crippen LogP contribution in [-0.4, -0.2) is 0 Å². The molecule has 0 amide bonds. The monoisotopic (exact) mass is 195 g/mol. The van der Waals surface area contributed by atoms with E-state index in [1.54, 1.807) is 0 Å². The van der Waals surface area contributed by atoms with Gasteiger partial charge < -0.3 is 5.73 Å². The quantitative estimate of drug-likeness (QED) is 0.492. The molecule has 0 spiro atoms. The Balaban J connectivity index is 0.000000640. The summed E-state index contributed by atoms with van der Waals surface area (Å²) in [6, 6.07) is 7.53. The summed E-state index contributed by atoms with van der Waals surface area (Å²) < 4.78 is 0. The van der Waals surface area contributed by atoms with Crippen LogP contribution in [0.5, 0.6) is 0 Å². The summed E-state index contributed by atoms with van der Waals surface area (Å²) in [5.41, 5.74) is 7.11. The van der Waals surface area contributed by atoms with Crippen molar-refractivity contribution in [1.82, 2.24) is 0 Å². The molecule has 45 valence electrons. The Morgan fingerprint density at radius 2 is 1.78 bits per heavy atom. The molecule has 0 aliphatic rings. The SMILES string of the molecule is [CH2-]c1ccccc1N.[Y]. The summed E-state index contributed by atoms with van der Waals surface area (Å²) in [6.07, 6.45) is 0. The fraction of sp³-hybridized carbons (Fsp3) is 0. The number of rotatable bonds is 0. The second-order valence-corrected chi connectivity index (χ2v) is 1.70. The van der Waals surface area contributed by atoms with Crippen molar-refractivity contribution in [3.8, 4) is 0 Å². The zero-order valence-electron chi connectivity index (χ0n) is 5.17. The van der Waals surface area contributed by atoms with E-state index in [0.29, 0.717) is 0 Å². The molecule has 1 radical (unpaired) electrons. The number of nitrogen functional groups attached to an aromatic ring is 1. The summed E-state index contributed by atoms with van der Waals surface area (Å²) in [5.74, 6) is 0. The van der Waals surface area contributed by atoms with Gasteiger partial charge in [-0.2, -0.15) is 18.6 Å². The van der Waals surface area contributed by atoms with E-state index >= 15 is 0 Å². The maximum atomic E-state index is 5.46. The van der Waals surface area contributed by atoms with Crippen LogP contribution in [0.25, 0.3) is 0 Å². The van der Waals surface area contributed by atoms with Crippen LogP contribution in [0, 0.1) is 6.92 Å². The molecule has 0 heterocycles. The zero-order chi connectivity index (χ0) is 5.98. The molecule has 0 atom stereocenters. The minimum Gasteiger partial charge on any atom is -0.449 e. The number of anilines is 1. The molecule has 1 nitrogen and oxygen atoms in total. The van der Waals surface area contributed by atoms with Crippen LogP contribution < -0.4 is 5.73 Å². The molecule has 0 aliphatic heterocycles. The van der Waals surface area contributed by atoms with Crippen molar-refractivity contribution in [3.05, 3.63) is 36.8 Å². The van der Waals surface area contributed by atoms with Gasteiger partial charge in [0.1, 0.15) is 0 Å². The molecule has 2 heteroatoms. The predicted octanol–water partition coefficient (Wildman–Crippen LogP) is 1.45. The third-order valence-corrected chi connectivity index (χ3v) is 1.06. The topological polar surface area (TPSA) is 26.0 Å². The van der Waals surface area contributed by atoms with Crippen molar-refractivity contribution in [1.29, 1.82) is 0 Å². The molecule has 0 aliphatic carbocycles. The minimum absolute atomic E-state index is 0. The molecule has 1 aromatic rings. The molecule has 0 aromatic heterocycles. The Morgan fingerprint density at radius 3 is 2.11 bits per heavy atom. The molecule has 0 saturated heterocycles. The molecule has 0 fully saturated rings. The van der Waals surface area contributed by atoms with Gasteiger partial charge in [0.15, 0.2) is 0 Å². The van der Waals surface area contributed by atoms with Gasteiger partial charge in [0.25, 0.3) is 0 Å². The smallest absolute Gasteiger partial charge is 0 e. The van der Waals surface area contributed by atoms with Crippen LogP contribution in [0.2, 0.25) is 0 Å². The number of hydrogen-bond donors (Lipinski definition) is 1. The average molecular weight is 195 g/mol. The van der Waals surface area contributed by atoms with Crippen molar-refractivity contribution < 1.29 is 32.7 Å². The summed E-state index contributed by atoms with van der Waals surface area (Å²) >= 11 is 0. The van der Waals surface area contributed by atoms with Crippen LogP contribution in [0.1, 0.15) is 5.56 Å². The standard InChI is InChI=1S/C7H8N.Y/c1-6-4-2-3-5-7(6)8;/h2-5H,1,8H2;/q-1;. The molecule has 1 rings (SSSR count). The first-order valence-corrected chi connectivity index (χ1v) is 2.47. The van der Waals surface area contributed by atoms with E-state index < -0.39 is 0 Å². The maximum Gasteiger partial charge on any atom is 0 e. The largest absolute Gasteiger partial charge is 0.449 e. The van der Waals surface area contributed by atoms with Gasteiger partial charge in [-0.25, -0.2) is 0 Å². The van der Waals surface area contributed by atoms with E-state index in [0.717, 1.165) is 11.3 Å². The van der Waals surface area contributed by atoms with E-state index in [1.807, 2.05) is 24.3 Å². The Morgan fingerprint density at radius 1 is 1.22 bits per heavy atom. The van der Waals surface area contributed by atoms with Crippen molar-refractivity contribution in [2.45, 2.75) is 0 Å². The molecule has 0 unspecified atom stereocenters. The average Bonchev–Trinajstić information content (AvgIpc) is 1.77. The number of hydrogen-bond acceptors (Lipinski definition) is 1. The Bertz CT molecular complexity index is 165. The van der Waals surface area contributed by atoms with Crippen LogP contribution in [0.4, 0.5) is 5.69 Å². The summed E-state index contributed by atoms with van der Waals surface area (Å²) in [7, 11) is 0. The molecule has 1 aromatic carbocycles. The summed E-state index contributed by atoms with van der Waals surface area (Å²) in [5, 5.41) is 0. The Labute approximate surface area is 80.5 Å². The van der Waals surface area contributed by atoms with Gasteiger partial charge in [-0.3, -0.25) is 0 Å². The van der Waals surface area contributed by atoms with Gasteiger partial charge in [0.2, 0.25) is 0 Å². The third kappa shape index (κ3) is 2.38. The zero-order valence-corrected chi connectivity index (χ0v) is 8.01. The maximum absolute atomic E-state index is 5.46. The third-order valence-electron chi connectivity index (χ3n) is 1.06. The molecule has 0 bridgehead atoms. The van der Waals surface area contributed by atoms with Crippen LogP contribution >= 0.6 is 0 Å². The molecular formula is C7H8NY-.